The van der Waals surface area contributed by atoms with Gasteiger partial charge in [-0.25, -0.2) is 4.39 Å². The molecule has 2 N–H and O–H groups in total. The molecule has 0 heterocycles. The number of aliphatic hydroxyl groups is 1. The highest BCUT2D eigenvalue weighted by Crippen LogP contribution is 2.23. The molecule has 21 heavy (non-hydrogen) atoms. The molecular weight excluding hydrogens is 293 g/mol. The summed E-state index contributed by atoms with van der Waals surface area (Å²) in [5.74, 6) is 0.213. The van der Waals surface area contributed by atoms with Crippen molar-refractivity contribution < 1.29 is 14.2 Å². The highest BCUT2D eigenvalue weighted by molar-refractivity contribution is 6.32. The van der Waals surface area contributed by atoms with Crippen LogP contribution in [0.25, 0.3) is 0 Å². The van der Waals surface area contributed by atoms with Gasteiger partial charge in [-0.2, -0.15) is 0 Å². The number of halogens is 2. The van der Waals surface area contributed by atoms with Gasteiger partial charge in [-0.1, -0.05) is 29.8 Å². The molecule has 0 saturated heterocycles. The summed E-state index contributed by atoms with van der Waals surface area (Å²) in [5.41, 5.74) is 1.57. The van der Waals surface area contributed by atoms with Gasteiger partial charge in [0.05, 0.1) is 5.02 Å². The molecule has 1 atom stereocenters. The maximum absolute atomic E-state index is 13.1. The van der Waals surface area contributed by atoms with Crippen LogP contribution in [0.5, 0.6) is 5.75 Å². The summed E-state index contributed by atoms with van der Waals surface area (Å²) in [6, 6.07) is 11.6. The number of aryl methyl sites for hydroxylation is 1. The van der Waals surface area contributed by atoms with E-state index in [0.29, 0.717) is 16.5 Å². The second kappa shape index (κ2) is 7.29. The van der Waals surface area contributed by atoms with E-state index in [1.807, 2.05) is 13.0 Å². The van der Waals surface area contributed by atoms with Crippen molar-refractivity contribution in [1.82, 2.24) is 0 Å². The van der Waals surface area contributed by atoms with Gasteiger partial charge in [0.2, 0.25) is 0 Å². The minimum absolute atomic E-state index is 0.102. The molecule has 1 unspecified atom stereocenters. The van der Waals surface area contributed by atoms with Crippen molar-refractivity contribution in [2.24, 2.45) is 0 Å². The van der Waals surface area contributed by atoms with Crippen LogP contribution in [0.3, 0.4) is 0 Å². The van der Waals surface area contributed by atoms with Gasteiger partial charge in [-0.05, 0) is 36.8 Å². The molecule has 0 amide bonds. The Bertz CT molecular complexity index is 607. The van der Waals surface area contributed by atoms with Crippen molar-refractivity contribution in [2.45, 2.75) is 13.0 Å². The van der Waals surface area contributed by atoms with Gasteiger partial charge in [0.25, 0.3) is 0 Å². The Morgan fingerprint density at radius 2 is 2.05 bits per heavy atom. The van der Waals surface area contributed by atoms with Gasteiger partial charge in [0.15, 0.2) is 0 Å². The monoisotopic (exact) mass is 309 g/mol. The third-order valence-electron chi connectivity index (χ3n) is 3.00. The van der Waals surface area contributed by atoms with E-state index in [1.54, 1.807) is 24.3 Å². The Morgan fingerprint density at radius 3 is 2.81 bits per heavy atom. The van der Waals surface area contributed by atoms with E-state index >= 15 is 0 Å². The van der Waals surface area contributed by atoms with Crippen LogP contribution in [0.4, 0.5) is 10.1 Å². The number of rotatable bonds is 6. The van der Waals surface area contributed by atoms with Crippen LogP contribution in [0.1, 0.15) is 5.56 Å². The Balaban J connectivity index is 1.84. The van der Waals surface area contributed by atoms with Gasteiger partial charge in [0.1, 0.15) is 24.3 Å². The van der Waals surface area contributed by atoms with Crippen LogP contribution in [0, 0.1) is 12.7 Å². The van der Waals surface area contributed by atoms with E-state index in [0.717, 1.165) is 5.56 Å². The summed E-state index contributed by atoms with van der Waals surface area (Å²) in [6.07, 6.45) is -0.732. The number of aliphatic hydroxyl groups excluding tert-OH is 1. The quantitative estimate of drug-likeness (QED) is 0.856. The fourth-order valence-corrected chi connectivity index (χ4v) is 2.01. The van der Waals surface area contributed by atoms with Crippen molar-refractivity contribution in [2.75, 3.05) is 18.5 Å². The fraction of sp³-hybridized carbons (Fsp3) is 0.250. The molecule has 5 heteroatoms. The van der Waals surface area contributed by atoms with E-state index in [9.17, 15) is 9.50 Å². The molecule has 2 aromatic carbocycles. The first kappa shape index (κ1) is 15.6. The summed E-state index contributed by atoms with van der Waals surface area (Å²) in [4.78, 5) is 0. The third kappa shape index (κ3) is 4.62. The number of nitrogens with one attached hydrogen (secondary N) is 1. The molecule has 112 valence electrons. The minimum atomic E-state index is -0.732. The SMILES string of the molecule is Cc1ccc(F)cc1NCC(O)COc1ccccc1Cl. The lowest BCUT2D eigenvalue weighted by Gasteiger charge is -2.15. The Hall–Kier alpha value is -1.78. The molecule has 0 radical (unpaired) electrons. The number of benzene rings is 2. The molecule has 0 fully saturated rings. The summed E-state index contributed by atoms with van der Waals surface area (Å²) in [5, 5.41) is 13.4. The highest BCUT2D eigenvalue weighted by atomic mass is 35.5. The normalized spacial score (nSPS) is 12.0. The highest BCUT2D eigenvalue weighted by Gasteiger charge is 2.08. The Morgan fingerprint density at radius 1 is 1.29 bits per heavy atom. The van der Waals surface area contributed by atoms with Crippen molar-refractivity contribution in [3.8, 4) is 5.75 Å². The van der Waals surface area contributed by atoms with Crippen molar-refractivity contribution in [3.05, 3.63) is 58.9 Å². The van der Waals surface area contributed by atoms with E-state index in [4.69, 9.17) is 16.3 Å². The molecule has 0 aliphatic rings. The van der Waals surface area contributed by atoms with Crippen LogP contribution in [0.2, 0.25) is 5.02 Å². The number of para-hydroxylation sites is 1. The smallest absolute Gasteiger partial charge is 0.138 e. The standard InChI is InChI=1S/C16H17ClFNO2/c1-11-6-7-12(18)8-15(11)19-9-13(20)10-21-16-5-3-2-4-14(16)17/h2-8,13,19-20H,9-10H2,1H3. The van der Waals surface area contributed by atoms with Crippen LogP contribution in [-0.4, -0.2) is 24.4 Å². The first-order valence-corrected chi connectivity index (χ1v) is 6.99. The molecule has 0 aliphatic heterocycles. The second-order valence-electron chi connectivity index (χ2n) is 4.74. The lowest BCUT2D eigenvalue weighted by atomic mass is 10.2. The minimum Gasteiger partial charge on any atom is -0.489 e. The number of ether oxygens (including phenoxy) is 1. The molecule has 0 aromatic heterocycles. The zero-order valence-corrected chi connectivity index (χ0v) is 12.4. The lowest BCUT2D eigenvalue weighted by molar-refractivity contribution is 0.117. The fourth-order valence-electron chi connectivity index (χ4n) is 1.82. The molecular formula is C16H17ClFNO2. The van der Waals surface area contributed by atoms with Gasteiger partial charge in [-0.15, -0.1) is 0 Å². The van der Waals surface area contributed by atoms with E-state index < -0.39 is 6.10 Å². The van der Waals surface area contributed by atoms with E-state index in [1.165, 1.54) is 12.1 Å². The van der Waals surface area contributed by atoms with Crippen LogP contribution < -0.4 is 10.1 Å². The first-order chi connectivity index (χ1) is 10.1. The molecule has 2 rings (SSSR count). The maximum atomic E-state index is 13.1. The summed E-state index contributed by atoms with van der Waals surface area (Å²) < 4.78 is 18.6. The number of hydrogen-bond acceptors (Lipinski definition) is 3. The van der Waals surface area contributed by atoms with E-state index in [-0.39, 0.29) is 19.0 Å². The van der Waals surface area contributed by atoms with Crippen molar-refractivity contribution in [1.29, 1.82) is 0 Å². The van der Waals surface area contributed by atoms with Crippen LogP contribution >= 0.6 is 11.6 Å². The molecule has 3 nitrogen and oxygen atoms in total. The Kier molecular flexibility index (Phi) is 5.42. The predicted octanol–water partition coefficient (Wildman–Crippen LogP) is 3.64. The predicted molar refractivity (Wildman–Crippen MR) is 82.6 cm³/mol. The molecule has 0 saturated carbocycles. The van der Waals surface area contributed by atoms with E-state index in [2.05, 4.69) is 5.32 Å². The first-order valence-electron chi connectivity index (χ1n) is 6.61. The topological polar surface area (TPSA) is 41.5 Å². The maximum Gasteiger partial charge on any atom is 0.138 e. The summed E-state index contributed by atoms with van der Waals surface area (Å²) in [6.45, 7) is 2.23. The molecule has 0 bridgehead atoms. The molecule has 2 aromatic rings. The molecule has 0 aliphatic carbocycles. The van der Waals surface area contributed by atoms with Crippen molar-refractivity contribution >= 4 is 17.3 Å². The zero-order chi connectivity index (χ0) is 15.2. The van der Waals surface area contributed by atoms with Gasteiger partial charge < -0.3 is 15.2 Å². The summed E-state index contributed by atoms with van der Waals surface area (Å²) in [7, 11) is 0. The average Bonchev–Trinajstić information content (AvgIpc) is 2.47. The molecule has 0 spiro atoms. The zero-order valence-electron chi connectivity index (χ0n) is 11.6. The summed E-state index contributed by atoms with van der Waals surface area (Å²) >= 11 is 5.95. The van der Waals surface area contributed by atoms with Crippen LogP contribution in [0.15, 0.2) is 42.5 Å². The third-order valence-corrected chi connectivity index (χ3v) is 3.31. The Labute approximate surface area is 128 Å². The second-order valence-corrected chi connectivity index (χ2v) is 5.14. The van der Waals surface area contributed by atoms with Gasteiger partial charge in [0, 0.05) is 12.2 Å². The lowest BCUT2D eigenvalue weighted by Crippen LogP contribution is -2.26. The number of anilines is 1. The van der Waals surface area contributed by atoms with Crippen LogP contribution in [-0.2, 0) is 0 Å². The number of hydrogen-bond donors (Lipinski definition) is 2. The van der Waals surface area contributed by atoms with Crippen molar-refractivity contribution in [3.63, 3.8) is 0 Å². The average molecular weight is 310 g/mol. The largest absolute Gasteiger partial charge is 0.489 e. The van der Waals surface area contributed by atoms with Gasteiger partial charge >= 0.3 is 0 Å². The van der Waals surface area contributed by atoms with Gasteiger partial charge in [-0.3, -0.25) is 0 Å².